The number of aromatic nitrogens is 3. The summed E-state index contributed by atoms with van der Waals surface area (Å²) in [5, 5.41) is 11.2. The van der Waals surface area contributed by atoms with Crippen LogP contribution in [-0.4, -0.2) is 33.8 Å². The Labute approximate surface area is 162 Å². The highest BCUT2D eigenvalue weighted by atomic mass is 35.5. The predicted octanol–water partition coefficient (Wildman–Crippen LogP) is 3.61. The molecule has 1 fully saturated rings. The van der Waals surface area contributed by atoms with Crippen molar-refractivity contribution in [2.75, 3.05) is 18.4 Å². The minimum absolute atomic E-state index is 0. The van der Waals surface area contributed by atoms with Crippen molar-refractivity contribution in [3.05, 3.63) is 54.5 Å². The summed E-state index contributed by atoms with van der Waals surface area (Å²) < 4.78 is 1.89. The number of anilines is 1. The fraction of sp³-hybridized carbons (Fsp3) is 0.278. The molecular weight excluding hydrogens is 370 g/mol. The van der Waals surface area contributed by atoms with Gasteiger partial charge in [0, 0.05) is 18.9 Å². The Morgan fingerprint density at radius 3 is 2.88 bits per heavy atom. The van der Waals surface area contributed by atoms with Crippen LogP contribution in [-0.2, 0) is 0 Å². The van der Waals surface area contributed by atoms with Gasteiger partial charge in [0.1, 0.15) is 0 Å². The zero-order chi connectivity index (χ0) is 17.1. The molecule has 136 valence electrons. The lowest BCUT2D eigenvalue weighted by Gasteiger charge is -2.22. The van der Waals surface area contributed by atoms with E-state index in [1.807, 2.05) is 41.2 Å². The topological polar surface area (TPSA) is 71.8 Å². The van der Waals surface area contributed by atoms with Gasteiger partial charge < -0.3 is 5.32 Å². The third-order valence-electron chi connectivity index (χ3n) is 4.27. The maximum Gasteiger partial charge on any atom is 0.277 e. The molecule has 3 aromatic rings. The lowest BCUT2D eigenvalue weighted by molar-refractivity contribution is 0.102. The van der Waals surface area contributed by atoms with Crippen LogP contribution < -0.4 is 10.6 Å². The van der Waals surface area contributed by atoms with Crippen molar-refractivity contribution in [2.24, 2.45) is 0 Å². The van der Waals surface area contributed by atoms with E-state index >= 15 is 0 Å². The Morgan fingerprint density at radius 1 is 1.27 bits per heavy atom. The maximum absolute atomic E-state index is 12.4. The first kappa shape index (κ1) is 18.6. The molecule has 8 heteroatoms. The molecule has 0 radical (unpaired) electrons. The molecule has 2 N–H and O–H groups in total. The molecule has 0 aliphatic carbocycles. The van der Waals surface area contributed by atoms with Gasteiger partial charge in [-0.3, -0.25) is 14.8 Å². The van der Waals surface area contributed by atoms with Gasteiger partial charge in [-0.25, -0.2) is 4.98 Å². The molecule has 0 bridgehead atoms. The van der Waals surface area contributed by atoms with Gasteiger partial charge in [0.2, 0.25) is 0 Å². The minimum Gasteiger partial charge on any atom is -0.315 e. The van der Waals surface area contributed by atoms with Crippen LogP contribution in [0.5, 0.6) is 0 Å². The number of halogens is 1. The second kappa shape index (κ2) is 8.44. The highest BCUT2D eigenvalue weighted by Crippen LogP contribution is 2.28. The Kier molecular flexibility index (Phi) is 6.03. The summed E-state index contributed by atoms with van der Waals surface area (Å²) in [4.78, 5) is 17.7. The van der Waals surface area contributed by atoms with Crippen molar-refractivity contribution in [3.63, 3.8) is 0 Å². The van der Waals surface area contributed by atoms with E-state index in [-0.39, 0.29) is 18.3 Å². The quantitative estimate of drug-likeness (QED) is 0.715. The van der Waals surface area contributed by atoms with Gasteiger partial charge in [0.05, 0.1) is 10.9 Å². The molecule has 6 nitrogen and oxygen atoms in total. The smallest absolute Gasteiger partial charge is 0.277 e. The number of hydrogen-bond acceptors (Lipinski definition) is 5. The van der Waals surface area contributed by atoms with Crippen molar-refractivity contribution in [3.8, 4) is 10.4 Å². The van der Waals surface area contributed by atoms with Gasteiger partial charge in [-0.15, -0.1) is 12.4 Å². The zero-order valence-electron chi connectivity index (χ0n) is 14.1. The normalized spacial score (nSPS) is 16.7. The first-order valence-corrected chi connectivity index (χ1v) is 9.20. The van der Waals surface area contributed by atoms with Crippen LogP contribution in [0.4, 0.5) is 5.13 Å². The highest BCUT2D eigenvalue weighted by molar-refractivity contribution is 7.19. The number of thiazole rings is 1. The van der Waals surface area contributed by atoms with Gasteiger partial charge in [0.25, 0.3) is 5.91 Å². The number of carbonyl (C=O) groups excluding carboxylic acids is 1. The number of nitrogens with zero attached hydrogens (tertiary/aromatic N) is 3. The fourth-order valence-corrected chi connectivity index (χ4v) is 3.77. The Bertz CT molecular complexity index is 857. The molecule has 1 saturated heterocycles. The standard InChI is InChI=1S/C18H19N5OS.ClH/c24-17(15-8-10-23(22-15)14-7-4-9-19-11-14)21-18-20-12-16(25-18)13-5-2-1-3-6-13;/h1-3,5-6,8,10,12,14,19H,4,7,9,11H2,(H,20,21,24);1H. The second-order valence-corrected chi connectivity index (χ2v) is 7.06. The van der Waals surface area contributed by atoms with Crippen molar-refractivity contribution in [1.29, 1.82) is 0 Å². The summed E-state index contributed by atoms with van der Waals surface area (Å²) in [6.07, 6.45) is 5.88. The van der Waals surface area contributed by atoms with Gasteiger partial charge in [-0.2, -0.15) is 5.10 Å². The van der Waals surface area contributed by atoms with E-state index in [2.05, 4.69) is 20.7 Å². The molecule has 26 heavy (non-hydrogen) atoms. The second-order valence-electron chi connectivity index (χ2n) is 6.03. The van der Waals surface area contributed by atoms with Crippen molar-refractivity contribution < 1.29 is 4.79 Å². The van der Waals surface area contributed by atoms with Gasteiger partial charge in [0.15, 0.2) is 10.8 Å². The average molecular weight is 390 g/mol. The number of nitrogens with one attached hydrogen (secondary N) is 2. The Balaban J connectivity index is 0.00000196. The molecular formula is C18H20ClN5OS. The monoisotopic (exact) mass is 389 g/mol. The average Bonchev–Trinajstić information content (AvgIpc) is 3.33. The van der Waals surface area contributed by atoms with Crippen LogP contribution in [0.3, 0.4) is 0 Å². The Hall–Kier alpha value is -2.22. The molecule has 1 aromatic carbocycles. The first-order valence-electron chi connectivity index (χ1n) is 8.38. The van der Waals surface area contributed by atoms with E-state index < -0.39 is 0 Å². The Morgan fingerprint density at radius 2 is 2.12 bits per heavy atom. The molecule has 4 rings (SSSR count). The molecule has 0 spiro atoms. The summed E-state index contributed by atoms with van der Waals surface area (Å²) in [5.41, 5.74) is 1.51. The fourth-order valence-electron chi connectivity index (χ4n) is 2.95. The molecule has 0 saturated carbocycles. The molecule has 1 amide bonds. The number of carbonyl (C=O) groups is 1. The van der Waals surface area contributed by atoms with E-state index in [0.717, 1.165) is 36.4 Å². The molecule has 1 aliphatic rings. The van der Waals surface area contributed by atoms with E-state index in [1.165, 1.54) is 11.3 Å². The van der Waals surface area contributed by atoms with E-state index in [1.54, 1.807) is 12.3 Å². The van der Waals surface area contributed by atoms with Crippen molar-refractivity contribution >= 4 is 34.8 Å². The number of rotatable bonds is 4. The number of hydrogen-bond donors (Lipinski definition) is 2. The van der Waals surface area contributed by atoms with Crippen LogP contribution in [0.1, 0.15) is 29.4 Å². The van der Waals surface area contributed by atoms with Crippen LogP contribution in [0, 0.1) is 0 Å². The lowest BCUT2D eigenvalue weighted by atomic mass is 10.1. The minimum atomic E-state index is -0.225. The van der Waals surface area contributed by atoms with Crippen LogP contribution in [0.25, 0.3) is 10.4 Å². The van der Waals surface area contributed by atoms with Gasteiger partial charge in [-0.1, -0.05) is 41.7 Å². The summed E-state index contributed by atoms with van der Waals surface area (Å²) in [5.74, 6) is -0.225. The number of benzene rings is 1. The maximum atomic E-state index is 12.4. The molecule has 2 aromatic heterocycles. The lowest BCUT2D eigenvalue weighted by Crippen LogP contribution is -2.32. The predicted molar refractivity (Wildman–Crippen MR) is 106 cm³/mol. The first-order chi connectivity index (χ1) is 12.3. The van der Waals surface area contributed by atoms with Crippen LogP contribution in [0.15, 0.2) is 48.8 Å². The van der Waals surface area contributed by atoms with E-state index in [0.29, 0.717) is 16.9 Å². The molecule has 1 atom stereocenters. The van der Waals surface area contributed by atoms with Crippen molar-refractivity contribution in [2.45, 2.75) is 18.9 Å². The number of piperidine rings is 1. The summed E-state index contributed by atoms with van der Waals surface area (Å²) in [6, 6.07) is 12.1. The summed E-state index contributed by atoms with van der Waals surface area (Å²) >= 11 is 1.46. The van der Waals surface area contributed by atoms with Crippen LogP contribution in [0.2, 0.25) is 0 Å². The van der Waals surface area contributed by atoms with Crippen LogP contribution >= 0.6 is 23.7 Å². The van der Waals surface area contributed by atoms with E-state index in [9.17, 15) is 4.79 Å². The third kappa shape index (κ3) is 4.12. The zero-order valence-corrected chi connectivity index (χ0v) is 15.7. The third-order valence-corrected chi connectivity index (χ3v) is 5.23. The molecule has 1 aliphatic heterocycles. The summed E-state index contributed by atoms with van der Waals surface area (Å²) in [7, 11) is 0. The van der Waals surface area contributed by atoms with Gasteiger partial charge in [-0.05, 0) is 31.0 Å². The largest absolute Gasteiger partial charge is 0.315 e. The SMILES string of the molecule is Cl.O=C(Nc1ncc(-c2ccccc2)s1)c1ccn(C2CCCNC2)n1. The van der Waals surface area contributed by atoms with E-state index in [4.69, 9.17) is 0 Å². The molecule has 3 heterocycles. The number of amides is 1. The van der Waals surface area contributed by atoms with Gasteiger partial charge >= 0.3 is 0 Å². The van der Waals surface area contributed by atoms with Crippen molar-refractivity contribution in [1.82, 2.24) is 20.1 Å². The highest BCUT2D eigenvalue weighted by Gasteiger charge is 2.18. The molecule has 1 unspecified atom stereocenters. The summed E-state index contributed by atoms with van der Waals surface area (Å²) in [6.45, 7) is 1.95.